The molecule has 0 aliphatic carbocycles. The van der Waals surface area contributed by atoms with Crippen molar-refractivity contribution < 1.29 is 9.53 Å². The molecule has 2 aromatic carbocycles. The monoisotopic (exact) mass is 284 g/mol. The number of carbonyl (C=O) groups is 1. The average Bonchev–Trinajstić information content (AvgIpc) is 2.52. The lowest BCUT2D eigenvalue weighted by atomic mass is 10.1. The molecule has 0 aliphatic rings. The van der Waals surface area contributed by atoms with Gasteiger partial charge in [-0.1, -0.05) is 30.3 Å². The molecule has 110 valence electrons. The lowest BCUT2D eigenvalue weighted by Gasteiger charge is -2.16. The molecule has 0 saturated heterocycles. The van der Waals surface area contributed by atoms with Crippen molar-refractivity contribution in [2.75, 3.05) is 7.11 Å². The van der Waals surface area contributed by atoms with Gasteiger partial charge in [0.1, 0.15) is 5.75 Å². The number of benzene rings is 2. The molecule has 2 aromatic rings. The number of hydrogen-bond acceptors (Lipinski definition) is 3. The second-order valence-corrected chi connectivity index (χ2v) is 4.90. The zero-order valence-corrected chi connectivity index (χ0v) is 12.3. The van der Waals surface area contributed by atoms with Crippen LogP contribution in [0.1, 0.15) is 34.5 Å². The number of rotatable bonds is 6. The van der Waals surface area contributed by atoms with Gasteiger partial charge in [-0.3, -0.25) is 4.79 Å². The van der Waals surface area contributed by atoms with Gasteiger partial charge in [0.25, 0.3) is 0 Å². The van der Waals surface area contributed by atoms with Crippen LogP contribution in [0.4, 0.5) is 0 Å². The van der Waals surface area contributed by atoms with Crippen molar-refractivity contribution in [2.45, 2.75) is 19.5 Å². The summed E-state index contributed by atoms with van der Waals surface area (Å²) in [5.41, 5.74) is 8.01. The molecular formula is C17H20N2O2. The van der Waals surface area contributed by atoms with Gasteiger partial charge in [0.05, 0.1) is 7.11 Å². The molecule has 3 N–H and O–H groups in total. The summed E-state index contributed by atoms with van der Waals surface area (Å²) in [6.07, 6.45) is 0. The Hall–Kier alpha value is -2.33. The summed E-state index contributed by atoms with van der Waals surface area (Å²) in [5.74, 6) is 0.439. The Morgan fingerprint density at radius 1 is 1.19 bits per heavy atom. The summed E-state index contributed by atoms with van der Waals surface area (Å²) in [6, 6.07) is 15.5. The van der Waals surface area contributed by atoms with E-state index in [1.165, 1.54) is 0 Å². The minimum Gasteiger partial charge on any atom is -0.497 e. The van der Waals surface area contributed by atoms with Gasteiger partial charge in [0.15, 0.2) is 0 Å². The number of nitrogens with two attached hydrogens (primary N) is 1. The van der Waals surface area contributed by atoms with Crippen LogP contribution in [0, 0.1) is 0 Å². The molecule has 0 fully saturated rings. The number of carbonyl (C=O) groups excluding carboxylic acids is 1. The molecule has 0 aliphatic heterocycles. The number of primary amides is 1. The Morgan fingerprint density at radius 3 is 2.48 bits per heavy atom. The number of nitrogens with one attached hydrogen (secondary N) is 1. The fourth-order valence-electron chi connectivity index (χ4n) is 2.19. The average molecular weight is 284 g/mol. The minimum absolute atomic E-state index is 0.164. The van der Waals surface area contributed by atoms with Gasteiger partial charge in [-0.2, -0.15) is 0 Å². The van der Waals surface area contributed by atoms with Crippen molar-refractivity contribution in [3.05, 3.63) is 65.2 Å². The first kappa shape index (κ1) is 15.1. The second kappa shape index (κ2) is 6.90. The summed E-state index contributed by atoms with van der Waals surface area (Å²) in [4.78, 5) is 11.4. The highest BCUT2D eigenvalue weighted by atomic mass is 16.5. The van der Waals surface area contributed by atoms with Crippen LogP contribution in [-0.4, -0.2) is 13.0 Å². The molecule has 2 rings (SSSR count). The fraction of sp³-hybridized carbons (Fsp3) is 0.235. The third kappa shape index (κ3) is 3.83. The zero-order valence-electron chi connectivity index (χ0n) is 12.3. The first-order chi connectivity index (χ1) is 10.1. The zero-order chi connectivity index (χ0) is 15.2. The normalized spacial score (nSPS) is 11.9. The van der Waals surface area contributed by atoms with Crippen molar-refractivity contribution in [1.82, 2.24) is 5.32 Å². The Morgan fingerprint density at radius 2 is 1.86 bits per heavy atom. The first-order valence-electron chi connectivity index (χ1n) is 6.87. The highest BCUT2D eigenvalue weighted by molar-refractivity contribution is 5.94. The van der Waals surface area contributed by atoms with E-state index >= 15 is 0 Å². The van der Waals surface area contributed by atoms with Crippen molar-refractivity contribution >= 4 is 5.91 Å². The summed E-state index contributed by atoms with van der Waals surface area (Å²) in [7, 11) is 1.65. The highest BCUT2D eigenvalue weighted by Crippen LogP contribution is 2.18. The van der Waals surface area contributed by atoms with Crippen LogP contribution < -0.4 is 15.8 Å². The summed E-state index contributed by atoms with van der Waals surface area (Å²) in [6.45, 7) is 2.67. The van der Waals surface area contributed by atoms with E-state index in [-0.39, 0.29) is 6.04 Å². The Bertz CT molecular complexity index is 608. The molecule has 1 amide bonds. The SMILES string of the molecule is COc1ccc([C@H](C)NCc2ccccc2C(N)=O)cc1. The molecule has 4 nitrogen and oxygen atoms in total. The second-order valence-electron chi connectivity index (χ2n) is 4.90. The third-order valence-electron chi connectivity index (χ3n) is 3.50. The van der Waals surface area contributed by atoms with Gasteiger partial charge in [0.2, 0.25) is 5.91 Å². The number of methoxy groups -OCH3 is 1. The smallest absolute Gasteiger partial charge is 0.249 e. The molecule has 21 heavy (non-hydrogen) atoms. The molecule has 4 heteroatoms. The molecule has 0 spiro atoms. The van der Waals surface area contributed by atoms with Crippen LogP contribution in [-0.2, 0) is 6.54 Å². The van der Waals surface area contributed by atoms with Gasteiger partial charge in [0, 0.05) is 18.2 Å². The number of ether oxygens (including phenoxy) is 1. The van der Waals surface area contributed by atoms with Crippen LogP contribution in [0.5, 0.6) is 5.75 Å². The maximum absolute atomic E-state index is 11.4. The molecule has 0 saturated carbocycles. The lowest BCUT2D eigenvalue weighted by Crippen LogP contribution is -2.21. The summed E-state index contributed by atoms with van der Waals surface area (Å²) in [5, 5.41) is 3.40. The van der Waals surface area contributed by atoms with Crippen molar-refractivity contribution in [1.29, 1.82) is 0 Å². The molecule has 0 heterocycles. The van der Waals surface area contributed by atoms with Gasteiger partial charge in [-0.25, -0.2) is 0 Å². The van der Waals surface area contributed by atoms with E-state index < -0.39 is 5.91 Å². The molecular weight excluding hydrogens is 264 g/mol. The predicted octanol–water partition coefficient (Wildman–Crippen LogP) is 2.64. The van der Waals surface area contributed by atoms with Gasteiger partial charge < -0.3 is 15.8 Å². The Balaban J connectivity index is 2.03. The Kier molecular flexibility index (Phi) is 4.95. The largest absolute Gasteiger partial charge is 0.497 e. The predicted molar refractivity (Wildman–Crippen MR) is 83.2 cm³/mol. The van der Waals surface area contributed by atoms with Gasteiger partial charge in [-0.05, 0) is 36.2 Å². The maximum atomic E-state index is 11.4. The third-order valence-corrected chi connectivity index (χ3v) is 3.50. The molecule has 0 radical (unpaired) electrons. The maximum Gasteiger partial charge on any atom is 0.249 e. The van der Waals surface area contributed by atoms with E-state index in [4.69, 9.17) is 10.5 Å². The van der Waals surface area contributed by atoms with E-state index in [1.54, 1.807) is 13.2 Å². The first-order valence-corrected chi connectivity index (χ1v) is 6.87. The molecule has 0 bridgehead atoms. The minimum atomic E-state index is -0.399. The van der Waals surface area contributed by atoms with E-state index in [0.29, 0.717) is 12.1 Å². The molecule has 0 unspecified atom stereocenters. The van der Waals surface area contributed by atoms with Gasteiger partial charge in [-0.15, -0.1) is 0 Å². The van der Waals surface area contributed by atoms with Gasteiger partial charge >= 0.3 is 0 Å². The highest BCUT2D eigenvalue weighted by Gasteiger charge is 2.09. The van der Waals surface area contributed by atoms with Crippen LogP contribution in [0.15, 0.2) is 48.5 Å². The van der Waals surface area contributed by atoms with E-state index in [2.05, 4.69) is 12.2 Å². The summed E-state index contributed by atoms with van der Waals surface area (Å²) < 4.78 is 5.15. The fourth-order valence-corrected chi connectivity index (χ4v) is 2.19. The summed E-state index contributed by atoms with van der Waals surface area (Å²) >= 11 is 0. The standard InChI is InChI=1S/C17H20N2O2/c1-12(13-7-9-15(21-2)10-8-13)19-11-14-5-3-4-6-16(14)17(18)20/h3-10,12,19H,11H2,1-2H3,(H2,18,20)/t12-/m0/s1. The Labute approximate surface area is 124 Å². The van der Waals surface area contributed by atoms with Crippen LogP contribution in [0.25, 0.3) is 0 Å². The quantitative estimate of drug-likeness (QED) is 0.857. The topological polar surface area (TPSA) is 64.3 Å². The van der Waals surface area contributed by atoms with Crippen molar-refractivity contribution in [3.8, 4) is 5.75 Å². The van der Waals surface area contributed by atoms with Crippen LogP contribution in [0.2, 0.25) is 0 Å². The number of hydrogen-bond donors (Lipinski definition) is 2. The van der Waals surface area contributed by atoms with Crippen LogP contribution >= 0.6 is 0 Å². The lowest BCUT2D eigenvalue weighted by molar-refractivity contribution is 0.0999. The van der Waals surface area contributed by atoms with Crippen molar-refractivity contribution in [2.24, 2.45) is 5.73 Å². The molecule has 0 aromatic heterocycles. The molecule has 1 atom stereocenters. The van der Waals surface area contributed by atoms with E-state index in [0.717, 1.165) is 16.9 Å². The number of amides is 1. The van der Waals surface area contributed by atoms with E-state index in [9.17, 15) is 4.79 Å². The van der Waals surface area contributed by atoms with E-state index in [1.807, 2.05) is 42.5 Å². The van der Waals surface area contributed by atoms with Crippen LogP contribution in [0.3, 0.4) is 0 Å². The van der Waals surface area contributed by atoms with Crippen molar-refractivity contribution in [3.63, 3.8) is 0 Å².